The minimum absolute atomic E-state index is 0.122. The van der Waals surface area contributed by atoms with Crippen LogP contribution in [0.4, 0.5) is 5.13 Å². The molecular weight excluding hydrogens is 362 g/mol. The van der Waals surface area contributed by atoms with Crippen molar-refractivity contribution in [2.45, 2.75) is 13.0 Å². The smallest absolute Gasteiger partial charge is 0.408 e. The van der Waals surface area contributed by atoms with E-state index >= 15 is 0 Å². The third-order valence-corrected chi connectivity index (χ3v) is 4.92. The number of nitrogens with one attached hydrogen (secondary N) is 1. The van der Waals surface area contributed by atoms with E-state index in [1.807, 2.05) is 24.3 Å². The van der Waals surface area contributed by atoms with Crippen LogP contribution in [0.25, 0.3) is 21.3 Å². The molecule has 2 heterocycles. The number of carbonyl (C=O) groups excluding carboxylic acids is 1. The molecule has 25 heavy (non-hydrogen) atoms. The lowest BCUT2D eigenvalue weighted by Crippen LogP contribution is -2.19. The first-order valence-electron chi connectivity index (χ1n) is 7.54. The number of thiazole rings is 1. The monoisotopic (exact) mass is 373 g/mol. The Kier molecular flexibility index (Phi) is 4.03. The van der Waals surface area contributed by atoms with Gasteiger partial charge >= 0.3 is 5.76 Å². The van der Waals surface area contributed by atoms with Crippen LogP contribution in [0.2, 0.25) is 5.02 Å². The van der Waals surface area contributed by atoms with Crippen molar-refractivity contribution in [2.24, 2.45) is 0 Å². The van der Waals surface area contributed by atoms with E-state index in [2.05, 4.69) is 10.3 Å². The van der Waals surface area contributed by atoms with Crippen molar-refractivity contribution in [1.82, 2.24) is 9.55 Å². The molecule has 6 nitrogen and oxygen atoms in total. The zero-order chi connectivity index (χ0) is 17.4. The van der Waals surface area contributed by atoms with Crippen LogP contribution < -0.4 is 11.1 Å². The largest absolute Gasteiger partial charge is 0.419 e. The molecule has 0 bridgehead atoms. The Morgan fingerprint density at radius 3 is 2.96 bits per heavy atom. The minimum atomic E-state index is -0.509. The number of amides is 1. The lowest BCUT2D eigenvalue weighted by Gasteiger charge is -2.03. The molecule has 0 aliphatic heterocycles. The SMILES string of the molecule is O=C(CCn1c(=O)oc2ccc(Cl)cc21)Nc1nc2ccccc2s1. The standard InChI is InChI=1S/C17H12ClN3O3S/c18-10-5-6-13-12(9-10)21(17(23)24-13)8-7-15(22)20-16-19-11-3-1-2-4-14(11)25-16/h1-6,9H,7-8H2,(H,19,20,22). The molecule has 4 aromatic rings. The number of halogens is 1. The number of fused-ring (bicyclic) bond motifs is 2. The highest BCUT2D eigenvalue weighted by Crippen LogP contribution is 2.25. The van der Waals surface area contributed by atoms with E-state index in [0.717, 1.165) is 10.2 Å². The number of nitrogens with zero attached hydrogens (tertiary/aromatic N) is 2. The highest BCUT2D eigenvalue weighted by Gasteiger charge is 2.12. The highest BCUT2D eigenvalue weighted by atomic mass is 35.5. The molecule has 0 fully saturated rings. The van der Waals surface area contributed by atoms with Crippen LogP contribution in [0, 0.1) is 0 Å². The molecule has 0 atom stereocenters. The summed E-state index contributed by atoms with van der Waals surface area (Å²) in [5.74, 6) is -0.729. The molecule has 0 saturated heterocycles. The van der Waals surface area contributed by atoms with Crippen LogP contribution in [0.15, 0.2) is 51.7 Å². The van der Waals surface area contributed by atoms with Crippen molar-refractivity contribution in [3.63, 3.8) is 0 Å². The molecule has 0 saturated carbocycles. The average molecular weight is 374 g/mol. The second-order valence-electron chi connectivity index (χ2n) is 5.42. The fraction of sp³-hybridized carbons (Fsp3) is 0.118. The van der Waals surface area contributed by atoms with Gasteiger partial charge in [-0.15, -0.1) is 0 Å². The first kappa shape index (κ1) is 15.9. The summed E-state index contributed by atoms with van der Waals surface area (Å²) in [6.07, 6.45) is 0.122. The molecule has 2 aromatic carbocycles. The van der Waals surface area contributed by atoms with Crippen LogP contribution in [-0.4, -0.2) is 15.5 Å². The number of aromatic nitrogens is 2. The van der Waals surface area contributed by atoms with E-state index < -0.39 is 5.76 Å². The Labute approximate surface area is 150 Å². The lowest BCUT2D eigenvalue weighted by atomic mass is 10.3. The number of oxazole rings is 1. The van der Waals surface area contributed by atoms with Crippen LogP contribution >= 0.6 is 22.9 Å². The zero-order valence-corrected chi connectivity index (χ0v) is 14.4. The van der Waals surface area contributed by atoms with Crippen molar-refractivity contribution < 1.29 is 9.21 Å². The zero-order valence-electron chi connectivity index (χ0n) is 12.9. The van der Waals surface area contributed by atoms with Gasteiger partial charge in [0.15, 0.2) is 10.7 Å². The van der Waals surface area contributed by atoms with Gasteiger partial charge < -0.3 is 9.73 Å². The molecule has 0 spiro atoms. The first-order valence-corrected chi connectivity index (χ1v) is 8.74. The predicted octanol–water partition coefficient (Wildman–Crippen LogP) is 3.89. The van der Waals surface area contributed by atoms with Crippen LogP contribution in [0.1, 0.15) is 6.42 Å². The Hall–Kier alpha value is -2.64. The lowest BCUT2D eigenvalue weighted by molar-refractivity contribution is -0.116. The van der Waals surface area contributed by atoms with Gasteiger partial charge in [0.1, 0.15) is 0 Å². The number of para-hydroxylation sites is 1. The van der Waals surface area contributed by atoms with Crippen molar-refractivity contribution in [2.75, 3.05) is 5.32 Å². The summed E-state index contributed by atoms with van der Waals surface area (Å²) in [5.41, 5.74) is 1.86. The van der Waals surface area contributed by atoms with E-state index in [-0.39, 0.29) is 18.9 Å². The van der Waals surface area contributed by atoms with Crippen molar-refractivity contribution >= 4 is 55.3 Å². The van der Waals surface area contributed by atoms with Gasteiger partial charge in [-0.2, -0.15) is 0 Å². The number of anilines is 1. The molecule has 2 aromatic heterocycles. The Bertz CT molecular complexity index is 1110. The minimum Gasteiger partial charge on any atom is -0.408 e. The summed E-state index contributed by atoms with van der Waals surface area (Å²) < 4.78 is 7.56. The highest BCUT2D eigenvalue weighted by molar-refractivity contribution is 7.22. The second kappa shape index (κ2) is 6.34. The Balaban J connectivity index is 1.49. The van der Waals surface area contributed by atoms with Gasteiger partial charge in [-0.1, -0.05) is 35.1 Å². The van der Waals surface area contributed by atoms with Gasteiger partial charge in [0.25, 0.3) is 0 Å². The molecule has 4 rings (SSSR count). The summed E-state index contributed by atoms with van der Waals surface area (Å²) in [4.78, 5) is 28.5. The summed E-state index contributed by atoms with van der Waals surface area (Å²) >= 11 is 7.37. The number of carbonyl (C=O) groups is 1. The molecular formula is C17H12ClN3O3S. The maximum atomic E-state index is 12.2. The van der Waals surface area contributed by atoms with E-state index in [1.54, 1.807) is 18.2 Å². The third kappa shape index (κ3) is 3.16. The normalized spacial score (nSPS) is 11.2. The van der Waals surface area contributed by atoms with E-state index in [9.17, 15) is 9.59 Å². The third-order valence-electron chi connectivity index (χ3n) is 3.73. The van der Waals surface area contributed by atoms with E-state index in [1.165, 1.54) is 15.9 Å². The Morgan fingerprint density at radius 2 is 2.12 bits per heavy atom. The molecule has 126 valence electrons. The number of benzene rings is 2. The summed E-state index contributed by atoms with van der Waals surface area (Å²) in [5, 5.41) is 3.81. The number of hydrogen-bond acceptors (Lipinski definition) is 5. The van der Waals surface area contributed by atoms with Gasteiger partial charge in [0.05, 0.1) is 15.7 Å². The summed E-state index contributed by atoms with van der Waals surface area (Å²) in [7, 11) is 0. The maximum Gasteiger partial charge on any atom is 0.419 e. The number of hydrogen-bond donors (Lipinski definition) is 1. The fourth-order valence-corrected chi connectivity index (χ4v) is 3.62. The van der Waals surface area contributed by atoms with E-state index in [4.69, 9.17) is 16.0 Å². The summed E-state index contributed by atoms with van der Waals surface area (Å²) in [6, 6.07) is 12.6. The topological polar surface area (TPSA) is 77.1 Å². The van der Waals surface area contributed by atoms with Gasteiger partial charge in [-0.25, -0.2) is 9.78 Å². The van der Waals surface area contributed by atoms with Crippen molar-refractivity contribution in [3.8, 4) is 0 Å². The van der Waals surface area contributed by atoms with Crippen molar-refractivity contribution in [3.05, 3.63) is 58.0 Å². The molecule has 0 aliphatic rings. The fourth-order valence-electron chi connectivity index (χ4n) is 2.57. The average Bonchev–Trinajstić information content (AvgIpc) is 3.12. The molecule has 0 aliphatic carbocycles. The maximum absolute atomic E-state index is 12.2. The first-order chi connectivity index (χ1) is 12.1. The van der Waals surface area contributed by atoms with Gasteiger partial charge in [0.2, 0.25) is 5.91 Å². The quantitative estimate of drug-likeness (QED) is 0.588. The molecule has 0 radical (unpaired) electrons. The van der Waals surface area contributed by atoms with Crippen LogP contribution in [0.3, 0.4) is 0 Å². The molecule has 8 heteroatoms. The predicted molar refractivity (Wildman–Crippen MR) is 98.4 cm³/mol. The van der Waals surface area contributed by atoms with Gasteiger partial charge in [-0.05, 0) is 30.3 Å². The number of rotatable bonds is 4. The molecule has 1 amide bonds. The number of aryl methyl sites for hydroxylation is 1. The van der Waals surface area contributed by atoms with Crippen LogP contribution in [0.5, 0.6) is 0 Å². The Morgan fingerprint density at radius 1 is 1.28 bits per heavy atom. The summed E-state index contributed by atoms with van der Waals surface area (Å²) in [6.45, 7) is 0.197. The van der Waals surface area contributed by atoms with E-state index in [0.29, 0.717) is 21.3 Å². The van der Waals surface area contributed by atoms with Gasteiger partial charge in [-0.3, -0.25) is 9.36 Å². The van der Waals surface area contributed by atoms with Crippen molar-refractivity contribution in [1.29, 1.82) is 0 Å². The second-order valence-corrected chi connectivity index (χ2v) is 6.88. The molecule has 1 N–H and O–H groups in total. The molecule has 0 unspecified atom stereocenters. The van der Waals surface area contributed by atoms with Crippen LogP contribution in [-0.2, 0) is 11.3 Å². The van der Waals surface area contributed by atoms with Gasteiger partial charge in [0, 0.05) is 18.0 Å².